The van der Waals surface area contributed by atoms with Gasteiger partial charge in [-0.25, -0.2) is 8.42 Å². The summed E-state index contributed by atoms with van der Waals surface area (Å²) < 4.78 is 40.1. The van der Waals surface area contributed by atoms with Crippen LogP contribution < -0.4 is 15.2 Å². The van der Waals surface area contributed by atoms with Crippen molar-refractivity contribution >= 4 is 16.1 Å². The van der Waals surface area contributed by atoms with Crippen molar-refractivity contribution in [1.29, 1.82) is 0 Å². The summed E-state index contributed by atoms with van der Waals surface area (Å²) in [5, 5.41) is 0. The van der Waals surface area contributed by atoms with Crippen molar-refractivity contribution in [2.24, 2.45) is 11.7 Å². The predicted molar refractivity (Wildman–Crippen MR) is 116 cm³/mol. The average Bonchev–Trinajstić information content (AvgIpc) is 2.77. The van der Waals surface area contributed by atoms with E-state index in [4.69, 9.17) is 15.2 Å². The van der Waals surface area contributed by atoms with Gasteiger partial charge in [0.2, 0.25) is 10.0 Å². The Morgan fingerprint density at radius 1 is 1.17 bits per heavy atom. The minimum absolute atomic E-state index is 0.110. The molecule has 2 atom stereocenters. The first-order chi connectivity index (χ1) is 14.5. The number of allylic oxidation sites excluding steroid dienone is 2. The zero-order chi connectivity index (χ0) is 21.5. The van der Waals surface area contributed by atoms with E-state index in [9.17, 15) is 8.42 Å². The topological polar surface area (TPSA) is 104 Å². The number of ether oxygens (including phenoxy) is 2. The Morgan fingerprint density at radius 2 is 1.90 bits per heavy atom. The van der Waals surface area contributed by atoms with Crippen LogP contribution in [-0.4, -0.2) is 39.4 Å². The highest BCUT2D eigenvalue weighted by Crippen LogP contribution is 2.30. The molecule has 30 heavy (non-hydrogen) atoms. The smallest absolute Gasteiger partial charge is 0.243 e. The lowest BCUT2D eigenvalue weighted by Crippen LogP contribution is -2.54. The number of hydrogen-bond acceptors (Lipinski definition) is 6. The number of aromatic nitrogens is 1. The molecule has 0 saturated heterocycles. The van der Waals surface area contributed by atoms with Crippen LogP contribution in [0.15, 0.2) is 84.1 Å². The van der Waals surface area contributed by atoms with Gasteiger partial charge in [0.15, 0.2) is 5.72 Å². The molecule has 0 saturated carbocycles. The molecule has 158 valence electrons. The molecule has 1 aliphatic rings. The summed E-state index contributed by atoms with van der Waals surface area (Å²) in [4.78, 5) is 4.12. The molecule has 3 N–H and O–H groups in total. The summed E-state index contributed by atoms with van der Waals surface area (Å²) >= 11 is 0. The summed E-state index contributed by atoms with van der Waals surface area (Å²) in [6, 6.07) is 9.90. The van der Waals surface area contributed by atoms with E-state index < -0.39 is 21.7 Å². The van der Waals surface area contributed by atoms with E-state index in [0.717, 1.165) is 5.56 Å². The Kier molecular flexibility index (Phi) is 7.17. The van der Waals surface area contributed by atoms with Gasteiger partial charge in [-0.3, -0.25) is 4.98 Å². The Balaban J connectivity index is 1.93. The monoisotopic (exact) mass is 427 g/mol. The first-order valence-corrected chi connectivity index (χ1v) is 10.9. The van der Waals surface area contributed by atoms with Crippen LogP contribution in [0.5, 0.6) is 5.75 Å². The van der Waals surface area contributed by atoms with Crippen molar-refractivity contribution in [2.45, 2.75) is 10.6 Å². The second-order valence-corrected chi connectivity index (χ2v) is 8.30. The molecule has 1 aromatic heterocycles. The van der Waals surface area contributed by atoms with Gasteiger partial charge in [-0.05, 0) is 48.0 Å². The standard InChI is InChI=1S/C22H25N3O4S/c1-28-20-7-9-21(10-8-20)30(26,27)25-22(29-17-14-23)13-3-2-4-19(22)6-5-18-11-15-24-16-12-18/h2-13,15-16,19,25H,14,17,23H2,1H3/b6-5+. The van der Waals surface area contributed by atoms with Gasteiger partial charge in [-0.15, -0.1) is 0 Å². The quantitative estimate of drug-likeness (QED) is 0.596. The van der Waals surface area contributed by atoms with Crippen LogP contribution in [0.1, 0.15) is 5.56 Å². The average molecular weight is 428 g/mol. The molecule has 0 radical (unpaired) electrons. The second kappa shape index (κ2) is 9.82. The van der Waals surface area contributed by atoms with E-state index in [1.54, 1.807) is 36.7 Å². The zero-order valence-electron chi connectivity index (χ0n) is 16.6. The maximum Gasteiger partial charge on any atom is 0.243 e. The van der Waals surface area contributed by atoms with E-state index in [2.05, 4.69) is 9.71 Å². The first kappa shape index (κ1) is 21.9. The summed E-state index contributed by atoms with van der Waals surface area (Å²) in [5.41, 5.74) is 5.27. The molecule has 1 aliphatic carbocycles. The minimum atomic E-state index is -3.89. The SMILES string of the molecule is COc1ccc(S(=O)(=O)NC2(OCCN)C=CC=CC2/C=C/c2ccncc2)cc1. The molecule has 1 aromatic carbocycles. The summed E-state index contributed by atoms with van der Waals surface area (Å²) in [6.07, 6.45) is 14.4. The number of methoxy groups -OCH3 is 1. The Morgan fingerprint density at radius 3 is 2.57 bits per heavy atom. The van der Waals surface area contributed by atoms with Gasteiger partial charge in [-0.1, -0.05) is 30.4 Å². The third-order valence-corrected chi connectivity index (χ3v) is 6.07. The molecule has 2 unspecified atom stereocenters. The minimum Gasteiger partial charge on any atom is -0.497 e. The molecule has 8 heteroatoms. The number of pyridine rings is 1. The number of sulfonamides is 1. The number of rotatable bonds is 9. The fraction of sp³-hybridized carbons (Fsp3) is 0.227. The van der Waals surface area contributed by atoms with Crippen LogP contribution in [0, 0.1) is 5.92 Å². The fourth-order valence-electron chi connectivity index (χ4n) is 3.06. The van der Waals surface area contributed by atoms with Crippen molar-refractivity contribution in [2.75, 3.05) is 20.3 Å². The zero-order valence-corrected chi connectivity index (χ0v) is 17.5. The van der Waals surface area contributed by atoms with Crippen molar-refractivity contribution in [3.05, 3.63) is 84.7 Å². The number of hydrogen-bond donors (Lipinski definition) is 2. The molecule has 0 bridgehead atoms. The van der Waals surface area contributed by atoms with Crippen LogP contribution in [0.4, 0.5) is 0 Å². The third kappa shape index (κ3) is 5.22. The maximum atomic E-state index is 13.1. The Labute approximate surface area is 177 Å². The van der Waals surface area contributed by atoms with E-state index in [1.165, 1.54) is 19.2 Å². The van der Waals surface area contributed by atoms with E-state index in [1.807, 2.05) is 36.4 Å². The van der Waals surface area contributed by atoms with Crippen LogP contribution in [0.25, 0.3) is 6.08 Å². The van der Waals surface area contributed by atoms with Crippen molar-refractivity contribution < 1.29 is 17.9 Å². The number of nitrogens with one attached hydrogen (secondary N) is 1. The highest BCUT2D eigenvalue weighted by molar-refractivity contribution is 7.89. The molecule has 0 spiro atoms. The highest BCUT2D eigenvalue weighted by atomic mass is 32.2. The lowest BCUT2D eigenvalue weighted by Gasteiger charge is -2.37. The van der Waals surface area contributed by atoms with Crippen LogP contribution in [-0.2, 0) is 14.8 Å². The fourth-order valence-corrected chi connectivity index (χ4v) is 4.36. The van der Waals surface area contributed by atoms with Crippen molar-refractivity contribution in [3.63, 3.8) is 0 Å². The van der Waals surface area contributed by atoms with Gasteiger partial charge >= 0.3 is 0 Å². The molecule has 7 nitrogen and oxygen atoms in total. The highest BCUT2D eigenvalue weighted by Gasteiger charge is 2.40. The lowest BCUT2D eigenvalue weighted by molar-refractivity contribution is -0.0317. The van der Waals surface area contributed by atoms with Crippen LogP contribution in [0.3, 0.4) is 0 Å². The van der Waals surface area contributed by atoms with E-state index >= 15 is 0 Å². The van der Waals surface area contributed by atoms with Gasteiger partial charge in [0.05, 0.1) is 18.6 Å². The predicted octanol–water partition coefficient (Wildman–Crippen LogP) is 2.50. The summed E-state index contributed by atoms with van der Waals surface area (Å²) in [5.74, 6) is 0.178. The molecule has 3 rings (SSSR count). The van der Waals surface area contributed by atoms with Gasteiger partial charge in [0, 0.05) is 24.9 Å². The Bertz CT molecular complexity index is 1020. The molecule has 0 amide bonds. The molecule has 2 aromatic rings. The summed E-state index contributed by atoms with van der Waals surface area (Å²) in [7, 11) is -2.37. The number of nitrogens with two attached hydrogens (primary N) is 1. The van der Waals surface area contributed by atoms with Crippen molar-refractivity contribution in [3.8, 4) is 5.75 Å². The van der Waals surface area contributed by atoms with Crippen molar-refractivity contribution in [1.82, 2.24) is 9.71 Å². The summed E-state index contributed by atoms with van der Waals surface area (Å²) in [6.45, 7) is 0.438. The van der Waals surface area contributed by atoms with E-state index in [-0.39, 0.29) is 18.0 Å². The lowest BCUT2D eigenvalue weighted by atomic mass is 9.90. The van der Waals surface area contributed by atoms with Gasteiger partial charge < -0.3 is 15.2 Å². The van der Waals surface area contributed by atoms with Gasteiger partial charge in [0.1, 0.15) is 5.75 Å². The largest absolute Gasteiger partial charge is 0.497 e. The van der Waals surface area contributed by atoms with E-state index in [0.29, 0.717) is 5.75 Å². The number of nitrogens with zero attached hydrogens (tertiary/aromatic N) is 1. The van der Waals surface area contributed by atoms with Gasteiger partial charge in [0.25, 0.3) is 0 Å². The second-order valence-electron chi connectivity index (χ2n) is 6.62. The molecule has 1 heterocycles. The van der Waals surface area contributed by atoms with Crippen LogP contribution >= 0.6 is 0 Å². The van der Waals surface area contributed by atoms with Gasteiger partial charge in [-0.2, -0.15) is 4.72 Å². The maximum absolute atomic E-state index is 13.1. The Hall–Kier alpha value is -2.78. The molecule has 0 fully saturated rings. The number of benzene rings is 1. The molecular weight excluding hydrogens is 402 g/mol. The van der Waals surface area contributed by atoms with Crippen LogP contribution in [0.2, 0.25) is 0 Å². The third-order valence-electron chi connectivity index (χ3n) is 4.59. The normalized spacial score (nSPS) is 21.2. The first-order valence-electron chi connectivity index (χ1n) is 9.45. The molecule has 0 aliphatic heterocycles. The molecular formula is C22H25N3O4S.